The fraction of sp³-hybridized carbons (Fsp3) is 0.240. The molecule has 174 valence electrons. The molecule has 0 radical (unpaired) electrons. The van der Waals surface area contributed by atoms with Crippen molar-refractivity contribution in [3.63, 3.8) is 0 Å². The Hall–Kier alpha value is -3.39. The number of nitrogens with zero attached hydrogens (tertiary/aromatic N) is 1. The summed E-state index contributed by atoms with van der Waals surface area (Å²) in [7, 11) is -3.71. The lowest BCUT2D eigenvalue weighted by Gasteiger charge is -2.23. The third-order valence-corrected chi connectivity index (χ3v) is 6.18. The third kappa shape index (κ3) is 6.55. The van der Waals surface area contributed by atoms with Gasteiger partial charge in [0.05, 0.1) is 25.0 Å². The van der Waals surface area contributed by atoms with Crippen LogP contribution < -0.4 is 14.4 Å². The molecule has 0 saturated carbocycles. The Morgan fingerprint density at radius 1 is 1.03 bits per heavy atom. The number of ether oxygens (including phenoxy) is 1. The van der Waals surface area contributed by atoms with Gasteiger partial charge in [-0.25, -0.2) is 12.8 Å². The van der Waals surface area contributed by atoms with Crippen molar-refractivity contribution in [2.75, 3.05) is 23.7 Å². The minimum absolute atomic E-state index is 0.0225. The number of sulfonamides is 1. The van der Waals surface area contributed by atoms with Gasteiger partial charge in [0.25, 0.3) is 5.91 Å². The Morgan fingerprint density at radius 3 is 2.39 bits per heavy atom. The van der Waals surface area contributed by atoms with Crippen LogP contribution in [0.1, 0.15) is 27.0 Å². The molecule has 0 fully saturated rings. The van der Waals surface area contributed by atoms with Crippen molar-refractivity contribution in [2.24, 2.45) is 0 Å². The number of nitrogens with one attached hydrogen (secondary N) is 1. The third-order valence-electron chi connectivity index (χ3n) is 5.05. The molecule has 0 aliphatic carbocycles. The number of aryl methyl sites for hydroxylation is 2. The van der Waals surface area contributed by atoms with Crippen molar-refractivity contribution >= 4 is 21.6 Å². The van der Waals surface area contributed by atoms with Crippen LogP contribution in [0.25, 0.3) is 0 Å². The van der Waals surface area contributed by atoms with Gasteiger partial charge in [-0.2, -0.15) is 0 Å². The Labute approximate surface area is 194 Å². The lowest BCUT2D eigenvalue weighted by atomic mass is 10.1. The van der Waals surface area contributed by atoms with E-state index in [9.17, 15) is 17.6 Å². The van der Waals surface area contributed by atoms with Crippen LogP contribution in [0, 0.1) is 19.7 Å². The number of amides is 1. The highest BCUT2D eigenvalue weighted by molar-refractivity contribution is 7.92. The molecule has 0 unspecified atom stereocenters. The van der Waals surface area contributed by atoms with Gasteiger partial charge in [-0.3, -0.25) is 9.10 Å². The van der Waals surface area contributed by atoms with Gasteiger partial charge in [0, 0.05) is 5.56 Å². The molecule has 1 amide bonds. The summed E-state index contributed by atoms with van der Waals surface area (Å²) in [5, 5.41) is 2.80. The van der Waals surface area contributed by atoms with Gasteiger partial charge in [-0.05, 0) is 60.9 Å². The van der Waals surface area contributed by atoms with Crippen LogP contribution in [0.4, 0.5) is 10.1 Å². The van der Waals surface area contributed by atoms with Crippen LogP contribution in [-0.4, -0.2) is 33.7 Å². The number of anilines is 1. The fourth-order valence-electron chi connectivity index (χ4n) is 3.25. The largest absolute Gasteiger partial charge is 0.491 e. The summed E-state index contributed by atoms with van der Waals surface area (Å²) in [4.78, 5) is 12.4. The van der Waals surface area contributed by atoms with Crippen molar-refractivity contribution in [1.29, 1.82) is 0 Å². The molecule has 0 aromatic heterocycles. The number of rotatable bonds is 9. The van der Waals surface area contributed by atoms with Gasteiger partial charge in [0.2, 0.25) is 10.0 Å². The Kier molecular flexibility index (Phi) is 7.71. The highest BCUT2D eigenvalue weighted by Gasteiger charge is 2.21. The van der Waals surface area contributed by atoms with Crippen LogP contribution in [0.15, 0.2) is 66.7 Å². The number of para-hydroxylation sites is 1. The smallest absolute Gasteiger partial charge is 0.251 e. The zero-order valence-electron chi connectivity index (χ0n) is 18.8. The van der Waals surface area contributed by atoms with Crippen LogP contribution >= 0.6 is 0 Å². The van der Waals surface area contributed by atoms with Gasteiger partial charge in [-0.15, -0.1) is 0 Å². The first-order valence-corrected chi connectivity index (χ1v) is 12.3. The van der Waals surface area contributed by atoms with Crippen LogP contribution in [0.5, 0.6) is 5.75 Å². The SMILES string of the molecule is Cc1ccc(C)c(OCCNC(=O)c2ccc(CN(c3ccccc3F)S(C)(=O)=O)cc2)c1. The number of carbonyl (C=O) groups is 1. The average Bonchev–Trinajstić information content (AvgIpc) is 2.77. The predicted molar refractivity (Wildman–Crippen MR) is 128 cm³/mol. The molecule has 8 heteroatoms. The van der Waals surface area contributed by atoms with E-state index >= 15 is 0 Å². The standard InChI is InChI=1S/C25H27FN2O4S/c1-18-8-9-19(2)24(16-18)32-15-14-27-25(29)21-12-10-20(11-13-21)17-28(33(3,30)31)23-7-5-4-6-22(23)26/h4-13,16H,14-15,17H2,1-3H3,(H,27,29). The second-order valence-corrected chi connectivity index (χ2v) is 9.70. The summed E-state index contributed by atoms with van der Waals surface area (Å²) in [6.45, 7) is 4.57. The Morgan fingerprint density at radius 2 is 1.73 bits per heavy atom. The Bertz CT molecular complexity index is 1230. The first kappa shape index (κ1) is 24.3. The molecule has 33 heavy (non-hydrogen) atoms. The maximum absolute atomic E-state index is 14.2. The second kappa shape index (κ2) is 10.5. The van der Waals surface area contributed by atoms with E-state index in [1.807, 2.05) is 32.0 Å². The zero-order valence-corrected chi connectivity index (χ0v) is 19.7. The van der Waals surface area contributed by atoms with Crippen molar-refractivity contribution in [1.82, 2.24) is 5.32 Å². The molecule has 0 bridgehead atoms. The minimum Gasteiger partial charge on any atom is -0.491 e. The zero-order chi connectivity index (χ0) is 24.0. The molecule has 0 spiro atoms. The van der Waals surface area contributed by atoms with Crippen LogP contribution in [-0.2, 0) is 16.6 Å². The number of halogens is 1. The number of hydrogen-bond donors (Lipinski definition) is 1. The summed E-state index contributed by atoms with van der Waals surface area (Å²) >= 11 is 0. The van der Waals surface area contributed by atoms with Crippen LogP contribution in [0.3, 0.4) is 0 Å². The van der Waals surface area contributed by atoms with Crippen molar-refractivity contribution in [3.8, 4) is 5.75 Å². The summed E-state index contributed by atoms with van der Waals surface area (Å²) < 4.78 is 45.4. The van der Waals surface area contributed by atoms with Crippen molar-refractivity contribution in [2.45, 2.75) is 20.4 Å². The maximum Gasteiger partial charge on any atom is 0.251 e. The molecule has 3 rings (SSSR count). The van der Waals surface area contributed by atoms with Gasteiger partial charge in [-0.1, -0.05) is 36.4 Å². The number of hydrogen-bond acceptors (Lipinski definition) is 4. The topological polar surface area (TPSA) is 75.7 Å². The first-order chi connectivity index (χ1) is 15.6. The van der Waals surface area contributed by atoms with E-state index in [0.717, 1.165) is 27.4 Å². The van der Waals surface area contributed by atoms with Crippen molar-refractivity contribution < 1.29 is 22.3 Å². The Balaban J connectivity index is 1.59. The van der Waals surface area contributed by atoms with Gasteiger partial charge in [0.15, 0.2) is 0 Å². The molecule has 6 nitrogen and oxygen atoms in total. The highest BCUT2D eigenvalue weighted by atomic mass is 32.2. The summed E-state index contributed by atoms with van der Waals surface area (Å²) in [6, 6.07) is 18.2. The molecule has 0 aliphatic rings. The van der Waals surface area contributed by atoms with E-state index in [1.54, 1.807) is 30.3 Å². The normalized spacial score (nSPS) is 11.2. The van der Waals surface area contributed by atoms with Gasteiger partial charge < -0.3 is 10.1 Å². The lowest BCUT2D eigenvalue weighted by Crippen LogP contribution is -2.30. The monoisotopic (exact) mass is 470 g/mol. The molecular formula is C25H27FN2O4S. The molecule has 0 aliphatic heterocycles. The average molecular weight is 471 g/mol. The molecule has 1 N–H and O–H groups in total. The number of carbonyl (C=O) groups excluding carboxylic acids is 1. The van der Waals surface area contributed by atoms with E-state index in [4.69, 9.17) is 4.74 Å². The van der Waals surface area contributed by atoms with E-state index in [1.165, 1.54) is 18.2 Å². The van der Waals surface area contributed by atoms with E-state index in [0.29, 0.717) is 24.3 Å². The summed E-state index contributed by atoms with van der Waals surface area (Å²) in [6.07, 6.45) is 1.03. The second-order valence-electron chi connectivity index (χ2n) is 7.79. The lowest BCUT2D eigenvalue weighted by molar-refractivity contribution is 0.0947. The predicted octanol–water partition coefficient (Wildman–Crippen LogP) is 4.22. The number of benzene rings is 3. The quantitative estimate of drug-likeness (QED) is 0.475. The first-order valence-electron chi connectivity index (χ1n) is 10.4. The van der Waals surface area contributed by atoms with Crippen molar-refractivity contribution in [3.05, 3.63) is 94.8 Å². The van der Waals surface area contributed by atoms with Gasteiger partial charge in [0.1, 0.15) is 18.2 Å². The molecule has 0 saturated heterocycles. The fourth-order valence-corrected chi connectivity index (χ4v) is 4.14. The molecular weight excluding hydrogens is 443 g/mol. The van der Waals surface area contributed by atoms with E-state index < -0.39 is 15.8 Å². The molecule has 0 atom stereocenters. The van der Waals surface area contributed by atoms with Gasteiger partial charge >= 0.3 is 0 Å². The molecule has 0 heterocycles. The van der Waals surface area contributed by atoms with E-state index in [-0.39, 0.29) is 18.1 Å². The summed E-state index contributed by atoms with van der Waals surface area (Å²) in [5.41, 5.74) is 3.16. The maximum atomic E-state index is 14.2. The van der Waals surface area contributed by atoms with E-state index in [2.05, 4.69) is 5.32 Å². The molecule has 3 aromatic rings. The minimum atomic E-state index is -3.71. The highest BCUT2D eigenvalue weighted by Crippen LogP contribution is 2.24. The molecule has 3 aromatic carbocycles. The van der Waals surface area contributed by atoms with Crippen LogP contribution in [0.2, 0.25) is 0 Å². The summed E-state index contributed by atoms with van der Waals surface area (Å²) in [5.74, 6) is -0.0962.